The Morgan fingerprint density at radius 3 is 2.50 bits per heavy atom. The van der Waals surface area contributed by atoms with Gasteiger partial charge in [0.25, 0.3) is 0 Å². The Hall–Kier alpha value is -2.88. The Morgan fingerprint density at radius 1 is 1.00 bits per heavy atom. The molecule has 1 atom stereocenters. The Bertz CT molecular complexity index is 787. The summed E-state index contributed by atoms with van der Waals surface area (Å²) in [7, 11) is 0. The minimum atomic E-state index is -1.03. The topological polar surface area (TPSA) is 62.2 Å². The minimum absolute atomic E-state index is 0.313. The van der Waals surface area contributed by atoms with Crippen LogP contribution in [0, 0.1) is 0 Å². The van der Waals surface area contributed by atoms with E-state index in [4.69, 9.17) is 5.11 Å². The van der Waals surface area contributed by atoms with Crippen LogP contribution >= 0.6 is 0 Å². The number of hydrogen-bond acceptors (Lipinski definition) is 2. The summed E-state index contributed by atoms with van der Waals surface area (Å²) >= 11 is 0. The summed E-state index contributed by atoms with van der Waals surface area (Å²) < 4.78 is 0. The van der Waals surface area contributed by atoms with Gasteiger partial charge in [0, 0.05) is 17.5 Å². The van der Waals surface area contributed by atoms with Gasteiger partial charge in [0.05, 0.1) is 11.6 Å². The minimum Gasteiger partial charge on any atom is -0.465 e. The normalized spacial score (nSPS) is 12.0. The summed E-state index contributed by atoms with van der Waals surface area (Å²) in [5, 5.41) is 12.7. The monoisotopic (exact) mass is 292 g/mol. The second-order valence-corrected chi connectivity index (χ2v) is 5.11. The molecule has 0 aliphatic carbocycles. The van der Waals surface area contributed by atoms with E-state index >= 15 is 0 Å². The number of aromatic nitrogens is 1. The zero-order valence-electron chi connectivity index (χ0n) is 11.9. The van der Waals surface area contributed by atoms with Crippen molar-refractivity contribution in [2.24, 2.45) is 0 Å². The van der Waals surface area contributed by atoms with Gasteiger partial charge in [0.1, 0.15) is 0 Å². The van der Waals surface area contributed by atoms with Crippen LogP contribution in [0.25, 0.3) is 10.9 Å². The first kappa shape index (κ1) is 14.1. The largest absolute Gasteiger partial charge is 0.465 e. The number of amides is 1. The van der Waals surface area contributed by atoms with Crippen molar-refractivity contribution < 1.29 is 9.90 Å². The van der Waals surface area contributed by atoms with Crippen LogP contribution in [-0.2, 0) is 6.42 Å². The van der Waals surface area contributed by atoms with Crippen molar-refractivity contribution in [1.29, 1.82) is 0 Å². The molecule has 3 rings (SSSR count). The smallest absolute Gasteiger partial charge is 0.405 e. The van der Waals surface area contributed by atoms with E-state index in [2.05, 4.69) is 10.3 Å². The number of rotatable bonds is 4. The Morgan fingerprint density at radius 2 is 1.73 bits per heavy atom. The molecule has 0 spiro atoms. The van der Waals surface area contributed by atoms with Crippen LogP contribution in [0.4, 0.5) is 4.79 Å². The number of benzene rings is 2. The molecule has 2 aromatic carbocycles. The van der Waals surface area contributed by atoms with E-state index in [0.717, 1.165) is 22.2 Å². The SMILES string of the molecule is O=C(O)N[C@H](Cc1ccc2ccccc2n1)c1ccccc1. The summed E-state index contributed by atoms with van der Waals surface area (Å²) in [5.74, 6) is 0. The van der Waals surface area contributed by atoms with Gasteiger partial charge in [0.2, 0.25) is 0 Å². The van der Waals surface area contributed by atoms with E-state index in [-0.39, 0.29) is 6.04 Å². The number of para-hydroxylation sites is 1. The van der Waals surface area contributed by atoms with Crippen molar-refractivity contribution in [1.82, 2.24) is 10.3 Å². The predicted octanol–water partition coefficient (Wildman–Crippen LogP) is 3.79. The number of carbonyl (C=O) groups is 1. The molecule has 0 bridgehead atoms. The number of fused-ring (bicyclic) bond motifs is 1. The molecule has 0 unspecified atom stereocenters. The van der Waals surface area contributed by atoms with Crippen LogP contribution in [0.15, 0.2) is 66.7 Å². The fraction of sp³-hybridized carbons (Fsp3) is 0.111. The third-order valence-electron chi connectivity index (χ3n) is 3.57. The highest BCUT2D eigenvalue weighted by Gasteiger charge is 2.15. The van der Waals surface area contributed by atoms with Crippen molar-refractivity contribution in [2.75, 3.05) is 0 Å². The molecule has 4 nitrogen and oxygen atoms in total. The Balaban J connectivity index is 1.89. The highest BCUT2D eigenvalue weighted by atomic mass is 16.4. The van der Waals surface area contributed by atoms with Crippen LogP contribution in [0.2, 0.25) is 0 Å². The highest BCUT2D eigenvalue weighted by molar-refractivity contribution is 5.78. The molecule has 1 aromatic heterocycles. The molecule has 4 heteroatoms. The van der Waals surface area contributed by atoms with Gasteiger partial charge in [-0.15, -0.1) is 0 Å². The second kappa shape index (κ2) is 6.26. The van der Waals surface area contributed by atoms with Crippen LogP contribution in [0.3, 0.4) is 0 Å². The molecular weight excluding hydrogens is 276 g/mol. The van der Waals surface area contributed by atoms with Gasteiger partial charge in [0.15, 0.2) is 0 Å². The maximum atomic E-state index is 11.1. The standard InChI is InChI=1S/C18H16N2O2/c21-18(22)20-17(13-6-2-1-3-7-13)12-15-11-10-14-8-4-5-9-16(14)19-15/h1-11,17,20H,12H2,(H,21,22)/t17-/m1/s1. The molecular formula is C18H16N2O2. The average Bonchev–Trinajstić information content (AvgIpc) is 2.54. The fourth-order valence-electron chi connectivity index (χ4n) is 2.52. The Labute approximate surface area is 128 Å². The molecule has 110 valence electrons. The molecule has 22 heavy (non-hydrogen) atoms. The van der Waals surface area contributed by atoms with Gasteiger partial charge < -0.3 is 10.4 Å². The van der Waals surface area contributed by atoms with Crippen molar-refractivity contribution in [3.8, 4) is 0 Å². The zero-order valence-corrected chi connectivity index (χ0v) is 11.9. The number of carboxylic acid groups (broad SMARTS) is 1. The van der Waals surface area contributed by atoms with Crippen molar-refractivity contribution in [3.63, 3.8) is 0 Å². The lowest BCUT2D eigenvalue weighted by Gasteiger charge is -2.17. The lowest BCUT2D eigenvalue weighted by Crippen LogP contribution is -2.28. The van der Waals surface area contributed by atoms with E-state index in [1.165, 1.54) is 0 Å². The molecule has 0 fully saturated rings. The predicted molar refractivity (Wildman–Crippen MR) is 85.8 cm³/mol. The summed E-state index contributed by atoms with van der Waals surface area (Å²) in [6.07, 6.45) is -0.518. The van der Waals surface area contributed by atoms with Crippen molar-refractivity contribution >= 4 is 17.0 Å². The van der Waals surface area contributed by atoms with Crippen LogP contribution in [0.5, 0.6) is 0 Å². The molecule has 0 aliphatic heterocycles. The van der Waals surface area contributed by atoms with Crippen molar-refractivity contribution in [2.45, 2.75) is 12.5 Å². The molecule has 1 heterocycles. The third kappa shape index (κ3) is 3.23. The fourth-order valence-corrected chi connectivity index (χ4v) is 2.52. The lowest BCUT2D eigenvalue weighted by atomic mass is 10.0. The maximum Gasteiger partial charge on any atom is 0.405 e. The first-order chi connectivity index (χ1) is 10.7. The van der Waals surface area contributed by atoms with Crippen LogP contribution in [-0.4, -0.2) is 16.2 Å². The highest BCUT2D eigenvalue weighted by Crippen LogP contribution is 2.19. The molecule has 0 aliphatic rings. The molecule has 0 saturated carbocycles. The number of hydrogen-bond donors (Lipinski definition) is 2. The number of nitrogens with zero attached hydrogens (tertiary/aromatic N) is 1. The molecule has 0 radical (unpaired) electrons. The van der Waals surface area contributed by atoms with Crippen LogP contribution in [0.1, 0.15) is 17.3 Å². The molecule has 3 aromatic rings. The van der Waals surface area contributed by atoms with E-state index in [1.54, 1.807) is 0 Å². The first-order valence-electron chi connectivity index (χ1n) is 7.11. The zero-order chi connectivity index (χ0) is 15.4. The van der Waals surface area contributed by atoms with E-state index in [9.17, 15) is 4.79 Å². The van der Waals surface area contributed by atoms with Crippen LogP contribution < -0.4 is 5.32 Å². The van der Waals surface area contributed by atoms with Crippen molar-refractivity contribution in [3.05, 3.63) is 78.0 Å². The second-order valence-electron chi connectivity index (χ2n) is 5.11. The summed E-state index contributed by atoms with van der Waals surface area (Å²) in [4.78, 5) is 15.7. The van der Waals surface area contributed by atoms with E-state index in [0.29, 0.717) is 6.42 Å². The maximum absolute atomic E-state index is 11.1. The van der Waals surface area contributed by atoms with Gasteiger partial charge in [-0.3, -0.25) is 4.98 Å². The van der Waals surface area contributed by atoms with Gasteiger partial charge in [-0.25, -0.2) is 4.79 Å². The summed E-state index contributed by atoms with van der Waals surface area (Å²) in [6.45, 7) is 0. The van der Waals surface area contributed by atoms with E-state index < -0.39 is 6.09 Å². The van der Waals surface area contributed by atoms with Gasteiger partial charge >= 0.3 is 6.09 Å². The molecule has 2 N–H and O–H groups in total. The first-order valence-corrected chi connectivity index (χ1v) is 7.11. The molecule has 0 saturated heterocycles. The summed E-state index contributed by atoms with van der Waals surface area (Å²) in [6, 6.07) is 21.1. The Kier molecular flexibility index (Phi) is 4.01. The quantitative estimate of drug-likeness (QED) is 0.769. The average molecular weight is 292 g/mol. The number of nitrogens with one attached hydrogen (secondary N) is 1. The van der Waals surface area contributed by atoms with Gasteiger partial charge in [-0.05, 0) is 17.7 Å². The number of pyridine rings is 1. The summed E-state index contributed by atoms with van der Waals surface area (Å²) in [5.41, 5.74) is 2.71. The van der Waals surface area contributed by atoms with E-state index in [1.807, 2.05) is 66.7 Å². The van der Waals surface area contributed by atoms with Gasteiger partial charge in [-0.1, -0.05) is 54.6 Å². The lowest BCUT2D eigenvalue weighted by molar-refractivity contribution is 0.189. The third-order valence-corrected chi connectivity index (χ3v) is 3.57. The molecule has 1 amide bonds. The van der Waals surface area contributed by atoms with Gasteiger partial charge in [-0.2, -0.15) is 0 Å².